The fourth-order valence-corrected chi connectivity index (χ4v) is 5.88. The predicted octanol–water partition coefficient (Wildman–Crippen LogP) is 5.29. The Morgan fingerprint density at radius 2 is 1.80 bits per heavy atom. The molecule has 11 heteroatoms. The van der Waals surface area contributed by atoms with E-state index in [4.69, 9.17) is 24.0 Å². The van der Waals surface area contributed by atoms with Gasteiger partial charge in [0.15, 0.2) is 28.8 Å². The number of ether oxygens (including phenoxy) is 4. The van der Waals surface area contributed by atoms with Crippen molar-refractivity contribution >= 4 is 34.5 Å². The number of para-hydroxylation sites is 1. The van der Waals surface area contributed by atoms with Gasteiger partial charge in [-0.25, -0.2) is 4.68 Å². The van der Waals surface area contributed by atoms with E-state index >= 15 is 0 Å². The average Bonchev–Trinajstić information content (AvgIpc) is 3.77. The lowest BCUT2D eigenvalue weighted by Crippen LogP contribution is -2.23. The van der Waals surface area contributed by atoms with Crippen molar-refractivity contribution in [3.05, 3.63) is 105 Å². The first-order valence-corrected chi connectivity index (χ1v) is 15.4. The molecule has 0 aliphatic carbocycles. The summed E-state index contributed by atoms with van der Waals surface area (Å²) in [6.07, 6.45) is 8.31. The van der Waals surface area contributed by atoms with E-state index in [-0.39, 0.29) is 5.56 Å². The maximum absolute atomic E-state index is 13.5. The van der Waals surface area contributed by atoms with Crippen molar-refractivity contribution in [3.63, 3.8) is 0 Å². The molecule has 0 fully saturated rings. The summed E-state index contributed by atoms with van der Waals surface area (Å²) in [5.74, 6) is 3.15. The minimum atomic E-state index is -0.248. The number of aromatic nitrogens is 5. The quantitative estimate of drug-likeness (QED) is 0.215. The van der Waals surface area contributed by atoms with Gasteiger partial charge in [0.2, 0.25) is 4.96 Å². The van der Waals surface area contributed by atoms with Gasteiger partial charge in [-0.2, -0.15) is 14.6 Å². The molecule has 0 unspecified atom stereocenters. The minimum absolute atomic E-state index is 0.248. The molecule has 0 N–H and O–H groups in total. The van der Waals surface area contributed by atoms with Gasteiger partial charge in [0, 0.05) is 17.3 Å². The molecule has 0 saturated carbocycles. The second kappa shape index (κ2) is 12.3. The highest BCUT2D eigenvalue weighted by molar-refractivity contribution is 7.15. The van der Waals surface area contributed by atoms with Crippen molar-refractivity contribution in [3.8, 4) is 39.9 Å². The van der Waals surface area contributed by atoms with E-state index in [2.05, 4.69) is 17.0 Å². The number of hydrogen-bond donors (Lipinski definition) is 0. The molecule has 3 aromatic heterocycles. The lowest BCUT2D eigenvalue weighted by Gasteiger charge is -2.18. The van der Waals surface area contributed by atoms with E-state index in [0.717, 1.165) is 28.8 Å². The number of hydrogen-bond acceptors (Lipinski definition) is 9. The molecule has 3 aromatic carbocycles. The lowest BCUT2D eigenvalue weighted by molar-refractivity contribution is 0.171. The van der Waals surface area contributed by atoms with Crippen LogP contribution in [0.3, 0.4) is 0 Å². The number of nitrogens with zero attached hydrogens (tertiary/aromatic N) is 5. The van der Waals surface area contributed by atoms with Crippen LogP contribution in [-0.2, 0) is 0 Å². The van der Waals surface area contributed by atoms with Gasteiger partial charge >= 0.3 is 0 Å². The first-order chi connectivity index (χ1) is 22.1. The lowest BCUT2D eigenvalue weighted by atomic mass is 10.1. The van der Waals surface area contributed by atoms with Gasteiger partial charge in [-0.1, -0.05) is 48.6 Å². The Morgan fingerprint density at radius 3 is 2.60 bits per heavy atom. The summed E-state index contributed by atoms with van der Waals surface area (Å²) in [6.45, 7) is 3.68. The first kappa shape index (κ1) is 28.4. The van der Waals surface area contributed by atoms with Crippen LogP contribution in [0.5, 0.6) is 23.0 Å². The van der Waals surface area contributed by atoms with Crippen molar-refractivity contribution in [2.45, 2.75) is 13.3 Å². The summed E-state index contributed by atoms with van der Waals surface area (Å²) in [7, 11) is 1.61. The van der Waals surface area contributed by atoms with Crippen LogP contribution in [0, 0.1) is 0 Å². The smallest absolute Gasteiger partial charge is 0.291 e. The Balaban J connectivity index is 1.22. The van der Waals surface area contributed by atoms with Gasteiger partial charge in [-0.15, -0.1) is 5.10 Å². The van der Waals surface area contributed by atoms with Crippen LogP contribution in [0.15, 0.2) is 77.7 Å². The van der Waals surface area contributed by atoms with Crippen molar-refractivity contribution in [2.24, 2.45) is 0 Å². The van der Waals surface area contributed by atoms with Crippen molar-refractivity contribution in [2.75, 3.05) is 26.9 Å². The van der Waals surface area contributed by atoms with E-state index in [9.17, 15) is 4.79 Å². The fraction of sp³-hybridized carbons (Fsp3) is 0.176. The fourth-order valence-electron chi connectivity index (χ4n) is 4.97. The Hall–Kier alpha value is -5.42. The van der Waals surface area contributed by atoms with E-state index in [1.54, 1.807) is 17.9 Å². The summed E-state index contributed by atoms with van der Waals surface area (Å²) in [6, 6.07) is 21.3. The van der Waals surface area contributed by atoms with Crippen LogP contribution in [0.1, 0.15) is 30.3 Å². The normalized spacial score (nSPS) is 13.2. The molecule has 0 saturated heterocycles. The highest BCUT2D eigenvalue weighted by Gasteiger charge is 2.18. The van der Waals surface area contributed by atoms with Gasteiger partial charge in [0.05, 0.1) is 23.9 Å². The van der Waals surface area contributed by atoms with Gasteiger partial charge in [-0.05, 0) is 66.6 Å². The number of benzene rings is 3. The van der Waals surface area contributed by atoms with Crippen LogP contribution >= 0.6 is 11.3 Å². The molecule has 0 atom stereocenters. The molecule has 0 amide bonds. The van der Waals surface area contributed by atoms with Gasteiger partial charge < -0.3 is 18.9 Å². The van der Waals surface area contributed by atoms with E-state index in [0.29, 0.717) is 63.8 Å². The molecular formula is C34H29N5O5S. The zero-order chi connectivity index (χ0) is 30.8. The second-order valence-corrected chi connectivity index (χ2v) is 11.3. The number of rotatable bonds is 9. The van der Waals surface area contributed by atoms with Crippen LogP contribution < -0.4 is 29.0 Å². The van der Waals surface area contributed by atoms with Crippen molar-refractivity contribution < 1.29 is 18.9 Å². The summed E-state index contributed by atoms with van der Waals surface area (Å²) in [5, 5.41) is 9.36. The molecule has 1 aliphatic rings. The molecule has 226 valence electrons. The Labute approximate surface area is 262 Å². The molecule has 0 spiro atoms. The minimum Gasteiger partial charge on any atom is -0.493 e. The maximum atomic E-state index is 13.5. The monoisotopic (exact) mass is 619 g/mol. The molecule has 0 bridgehead atoms. The topological polar surface area (TPSA) is 102 Å². The third-order valence-electron chi connectivity index (χ3n) is 7.14. The molecule has 7 rings (SSSR count). The van der Waals surface area contributed by atoms with Crippen LogP contribution in [0.25, 0.3) is 40.1 Å². The average molecular weight is 620 g/mol. The maximum Gasteiger partial charge on any atom is 0.291 e. The summed E-state index contributed by atoms with van der Waals surface area (Å²) in [5.41, 5.74) is 3.88. The van der Waals surface area contributed by atoms with Crippen LogP contribution in [0.4, 0.5) is 0 Å². The van der Waals surface area contributed by atoms with Crippen molar-refractivity contribution in [1.82, 2.24) is 24.4 Å². The van der Waals surface area contributed by atoms with Crippen LogP contribution in [-0.4, -0.2) is 51.3 Å². The summed E-state index contributed by atoms with van der Waals surface area (Å²) in [4.78, 5) is 18.6. The van der Waals surface area contributed by atoms with Crippen molar-refractivity contribution in [1.29, 1.82) is 0 Å². The predicted molar refractivity (Wildman–Crippen MR) is 174 cm³/mol. The Bertz CT molecular complexity index is 2130. The molecular weight excluding hydrogens is 590 g/mol. The van der Waals surface area contributed by atoms with Gasteiger partial charge in [0.1, 0.15) is 18.9 Å². The third-order valence-corrected chi connectivity index (χ3v) is 8.10. The molecule has 4 heterocycles. The molecule has 6 aromatic rings. The molecule has 45 heavy (non-hydrogen) atoms. The Kier molecular flexibility index (Phi) is 7.75. The number of fused-ring (bicyclic) bond motifs is 2. The summed E-state index contributed by atoms with van der Waals surface area (Å²) >= 11 is 1.28. The SMILES string of the molecule is CCCOc1ccc(/C=C/c2nc3s/c(=C\c4cn(-c5ccccc5)nc4-c4ccc5c(c4)OCCO5)c(=O)n3n2)cc1OC. The van der Waals surface area contributed by atoms with E-state index < -0.39 is 0 Å². The van der Waals surface area contributed by atoms with Crippen LogP contribution in [0.2, 0.25) is 0 Å². The molecule has 1 aliphatic heterocycles. The van der Waals surface area contributed by atoms with E-state index in [1.165, 1.54) is 15.9 Å². The molecule has 10 nitrogen and oxygen atoms in total. The zero-order valence-electron chi connectivity index (χ0n) is 24.7. The Morgan fingerprint density at radius 1 is 0.956 bits per heavy atom. The first-order valence-electron chi connectivity index (χ1n) is 14.5. The van der Waals surface area contributed by atoms with E-state index in [1.807, 2.05) is 85.1 Å². The highest BCUT2D eigenvalue weighted by atomic mass is 32.1. The highest BCUT2D eigenvalue weighted by Crippen LogP contribution is 2.35. The summed E-state index contributed by atoms with van der Waals surface area (Å²) < 4.78 is 26.4. The number of thiazole rings is 1. The largest absolute Gasteiger partial charge is 0.493 e. The third kappa shape index (κ3) is 5.77. The number of methoxy groups -OCH3 is 1. The zero-order valence-corrected chi connectivity index (χ0v) is 25.5. The standard InChI is InChI=1S/C34H29N5O5S/c1-3-15-42-26-12-9-22(18-28(26)41-2)10-14-31-35-34-39(36-31)33(40)30(45-34)20-24-21-38(25-7-5-4-6-8-25)37-32(24)23-11-13-27-29(19-23)44-17-16-43-27/h4-14,18-21H,3,15-17H2,1-2H3/b14-10+,30-20-. The second-order valence-electron chi connectivity index (χ2n) is 10.2. The molecule has 0 radical (unpaired) electrons. The van der Waals surface area contributed by atoms with Gasteiger partial charge in [0.25, 0.3) is 5.56 Å². The van der Waals surface area contributed by atoms with Gasteiger partial charge in [-0.3, -0.25) is 4.79 Å².